The lowest BCUT2D eigenvalue weighted by molar-refractivity contribution is -0.139. The number of ether oxygens (including phenoxy) is 1. The molecule has 0 atom stereocenters. The zero-order valence-corrected chi connectivity index (χ0v) is 11.7. The zero-order valence-electron chi connectivity index (χ0n) is 11.7. The molecule has 0 radical (unpaired) electrons. The third kappa shape index (κ3) is 5.66. The van der Waals surface area contributed by atoms with Gasteiger partial charge in [0.1, 0.15) is 5.75 Å². The third-order valence-electron chi connectivity index (χ3n) is 2.94. The molecule has 1 heterocycles. The van der Waals surface area contributed by atoms with Crippen molar-refractivity contribution in [1.82, 2.24) is 14.9 Å². The molecule has 0 aliphatic carbocycles. The van der Waals surface area contributed by atoms with Gasteiger partial charge in [0.15, 0.2) is 6.61 Å². The zero-order chi connectivity index (χ0) is 14.9. The van der Waals surface area contributed by atoms with Gasteiger partial charge in [0.05, 0.1) is 6.33 Å². The third-order valence-corrected chi connectivity index (χ3v) is 2.94. The average Bonchev–Trinajstić information content (AvgIpc) is 2.99. The predicted molar refractivity (Wildman–Crippen MR) is 78.1 cm³/mol. The van der Waals surface area contributed by atoms with E-state index in [1.807, 2.05) is 24.7 Å². The number of imidazole rings is 1. The molecule has 21 heavy (non-hydrogen) atoms. The van der Waals surface area contributed by atoms with Crippen molar-refractivity contribution in [1.29, 1.82) is 0 Å². The van der Waals surface area contributed by atoms with Crippen LogP contribution in [0.15, 0.2) is 43.0 Å². The van der Waals surface area contributed by atoms with Crippen LogP contribution in [-0.2, 0) is 17.9 Å². The van der Waals surface area contributed by atoms with Crippen LogP contribution in [-0.4, -0.2) is 33.8 Å². The summed E-state index contributed by atoms with van der Waals surface area (Å²) in [4.78, 5) is 14.4. The van der Waals surface area contributed by atoms with Crippen molar-refractivity contribution in [3.8, 4) is 5.75 Å². The Labute approximate surface area is 123 Å². The highest BCUT2D eigenvalue weighted by atomic mass is 16.5. The number of nitrogens with one attached hydrogen (secondary N) is 1. The number of nitrogens with zero attached hydrogens (tertiary/aromatic N) is 2. The molecule has 0 saturated carbocycles. The SMILES string of the molecule is O=C(O)COc1ccc(CNCCCn2ccnc2)cc1. The summed E-state index contributed by atoms with van der Waals surface area (Å²) >= 11 is 0. The topological polar surface area (TPSA) is 76.4 Å². The number of carboxylic acid groups (broad SMARTS) is 1. The molecule has 0 fully saturated rings. The van der Waals surface area contributed by atoms with Gasteiger partial charge in [0.2, 0.25) is 0 Å². The first-order chi connectivity index (χ1) is 10.2. The number of benzene rings is 1. The molecule has 0 amide bonds. The molecule has 112 valence electrons. The van der Waals surface area contributed by atoms with E-state index >= 15 is 0 Å². The maximum Gasteiger partial charge on any atom is 0.341 e. The monoisotopic (exact) mass is 289 g/mol. The molecular weight excluding hydrogens is 270 g/mol. The summed E-state index contributed by atoms with van der Waals surface area (Å²) in [5.41, 5.74) is 1.14. The van der Waals surface area contributed by atoms with Gasteiger partial charge in [-0.05, 0) is 30.7 Å². The van der Waals surface area contributed by atoms with Crippen LogP contribution in [0.25, 0.3) is 0 Å². The van der Waals surface area contributed by atoms with Crippen molar-refractivity contribution >= 4 is 5.97 Å². The number of aromatic nitrogens is 2. The van der Waals surface area contributed by atoms with Gasteiger partial charge in [-0.3, -0.25) is 0 Å². The lowest BCUT2D eigenvalue weighted by atomic mass is 10.2. The molecule has 2 aromatic rings. The van der Waals surface area contributed by atoms with E-state index in [9.17, 15) is 4.79 Å². The Morgan fingerprint density at radius 1 is 1.33 bits per heavy atom. The minimum atomic E-state index is -0.973. The van der Waals surface area contributed by atoms with Gasteiger partial charge < -0.3 is 19.7 Å². The molecule has 0 unspecified atom stereocenters. The first-order valence-electron chi connectivity index (χ1n) is 6.84. The van der Waals surface area contributed by atoms with Gasteiger partial charge in [-0.15, -0.1) is 0 Å². The minimum Gasteiger partial charge on any atom is -0.482 e. The highest BCUT2D eigenvalue weighted by Gasteiger charge is 1.99. The summed E-state index contributed by atoms with van der Waals surface area (Å²) in [6, 6.07) is 7.43. The van der Waals surface area contributed by atoms with Crippen LogP contribution >= 0.6 is 0 Å². The van der Waals surface area contributed by atoms with E-state index in [1.54, 1.807) is 18.3 Å². The van der Waals surface area contributed by atoms with Gasteiger partial charge in [-0.25, -0.2) is 9.78 Å². The number of carbonyl (C=O) groups is 1. The van der Waals surface area contributed by atoms with Gasteiger partial charge in [0, 0.05) is 25.5 Å². The fraction of sp³-hybridized carbons (Fsp3) is 0.333. The Hall–Kier alpha value is -2.34. The summed E-state index contributed by atoms with van der Waals surface area (Å²) in [6.45, 7) is 2.35. The van der Waals surface area contributed by atoms with Crippen LogP contribution in [0.3, 0.4) is 0 Å². The second-order valence-electron chi connectivity index (χ2n) is 4.66. The fourth-order valence-electron chi connectivity index (χ4n) is 1.89. The number of hydrogen-bond donors (Lipinski definition) is 2. The Morgan fingerprint density at radius 2 is 2.14 bits per heavy atom. The van der Waals surface area contributed by atoms with E-state index in [2.05, 4.69) is 14.9 Å². The Kier molecular flexibility index (Phi) is 5.78. The van der Waals surface area contributed by atoms with Crippen molar-refractivity contribution in [2.24, 2.45) is 0 Å². The van der Waals surface area contributed by atoms with Crippen molar-refractivity contribution in [3.05, 3.63) is 48.5 Å². The van der Waals surface area contributed by atoms with E-state index in [4.69, 9.17) is 9.84 Å². The molecule has 6 heteroatoms. The quantitative estimate of drug-likeness (QED) is 0.685. The van der Waals surface area contributed by atoms with E-state index in [-0.39, 0.29) is 6.61 Å². The van der Waals surface area contributed by atoms with Crippen LogP contribution < -0.4 is 10.1 Å². The van der Waals surface area contributed by atoms with Gasteiger partial charge in [0.25, 0.3) is 0 Å². The normalized spacial score (nSPS) is 10.5. The van der Waals surface area contributed by atoms with Crippen LogP contribution in [0.5, 0.6) is 5.75 Å². The summed E-state index contributed by atoms with van der Waals surface area (Å²) in [7, 11) is 0. The van der Waals surface area contributed by atoms with Gasteiger partial charge in [-0.2, -0.15) is 0 Å². The molecule has 6 nitrogen and oxygen atoms in total. The summed E-state index contributed by atoms with van der Waals surface area (Å²) in [5, 5.41) is 11.9. The fourth-order valence-corrected chi connectivity index (χ4v) is 1.89. The number of rotatable bonds is 9. The molecule has 1 aromatic heterocycles. The summed E-state index contributed by atoms with van der Waals surface area (Å²) in [5.74, 6) is -0.403. The van der Waals surface area contributed by atoms with Crippen molar-refractivity contribution in [3.63, 3.8) is 0 Å². The van der Waals surface area contributed by atoms with Gasteiger partial charge in [-0.1, -0.05) is 12.1 Å². The Bertz CT molecular complexity index is 538. The number of carboxylic acids is 1. The first kappa shape index (κ1) is 15.1. The summed E-state index contributed by atoms with van der Waals surface area (Å²) < 4.78 is 7.13. The predicted octanol–water partition coefficient (Wildman–Crippen LogP) is 1.53. The number of aliphatic carboxylic acids is 1. The van der Waals surface area contributed by atoms with Gasteiger partial charge >= 0.3 is 5.97 Å². The molecule has 0 spiro atoms. The van der Waals surface area contributed by atoms with E-state index in [0.717, 1.165) is 31.6 Å². The van der Waals surface area contributed by atoms with E-state index in [0.29, 0.717) is 5.75 Å². The first-order valence-corrected chi connectivity index (χ1v) is 6.84. The molecule has 0 aliphatic heterocycles. The average molecular weight is 289 g/mol. The smallest absolute Gasteiger partial charge is 0.341 e. The van der Waals surface area contributed by atoms with Crippen molar-refractivity contribution in [2.75, 3.05) is 13.2 Å². The molecule has 2 N–H and O–H groups in total. The molecular formula is C15H19N3O3. The highest BCUT2D eigenvalue weighted by Crippen LogP contribution is 2.11. The van der Waals surface area contributed by atoms with Crippen molar-refractivity contribution in [2.45, 2.75) is 19.5 Å². The van der Waals surface area contributed by atoms with E-state index < -0.39 is 5.97 Å². The molecule has 1 aromatic carbocycles. The van der Waals surface area contributed by atoms with E-state index in [1.165, 1.54) is 0 Å². The standard InChI is InChI=1S/C15H19N3O3/c19-15(20)11-21-14-4-2-13(3-5-14)10-16-6-1-8-18-9-7-17-12-18/h2-5,7,9,12,16H,1,6,8,10-11H2,(H,19,20). The van der Waals surface area contributed by atoms with Crippen LogP contribution in [0, 0.1) is 0 Å². The molecule has 0 aliphatic rings. The van der Waals surface area contributed by atoms with Crippen molar-refractivity contribution < 1.29 is 14.6 Å². The highest BCUT2D eigenvalue weighted by molar-refractivity contribution is 5.68. The molecule has 2 rings (SSSR count). The van der Waals surface area contributed by atoms with Crippen LogP contribution in [0.4, 0.5) is 0 Å². The number of hydrogen-bond acceptors (Lipinski definition) is 4. The molecule has 0 bridgehead atoms. The minimum absolute atomic E-state index is 0.314. The maximum atomic E-state index is 10.4. The second kappa shape index (κ2) is 8.06. The maximum absolute atomic E-state index is 10.4. The largest absolute Gasteiger partial charge is 0.482 e. The Morgan fingerprint density at radius 3 is 2.81 bits per heavy atom. The summed E-state index contributed by atoms with van der Waals surface area (Å²) in [6.07, 6.45) is 6.59. The van der Waals surface area contributed by atoms with Crippen LogP contribution in [0.2, 0.25) is 0 Å². The van der Waals surface area contributed by atoms with Crippen LogP contribution in [0.1, 0.15) is 12.0 Å². The lowest BCUT2D eigenvalue weighted by Crippen LogP contribution is -2.16. The molecule has 0 saturated heterocycles. The number of aryl methyl sites for hydroxylation is 1. The Balaban J connectivity index is 1.63. The lowest BCUT2D eigenvalue weighted by Gasteiger charge is -2.07. The second-order valence-corrected chi connectivity index (χ2v) is 4.66.